The predicted octanol–water partition coefficient (Wildman–Crippen LogP) is 1.31. The molecule has 2 bridgehead atoms. The summed E-state index contributed by atoms with van der Waals surface area (Å²) in [5, 5.41) is 20.9. The molecule has 4 aliphatic rings. The number of rotatable bonds is 7. The van der Waals surface area contributed by atoms with Gasteiger partial charge < -0.3 is 34.1 Å². The normalized spacial score (nSPS) is 30.9. The molecule has 10 nitrogen and oxygen atoms in total. The molecule has 1 saturated heterocycles. The summed E-state index contributed by atoms with van der Waals surface area (Å²) in [5.41, 5.74) is 0.0642. The topological polar surface area (TPSA) is 132 Å². The Morgan fingerprint density at radius 2 is 2.06 bits per heavy atom. The van der Waals surface area contributed by atoms with Gasteiger partial charge in [-0.05, 0) is 51.1 Å². The number of aliphatic carboxylic acids is 1. The molecule has 0 amide bonds. The number of hydrogen-bond acceptors (Lipinski definition) is 9. The van der Waals surface area contributed by atoms with Gasteiger partial charge in [0, 0.05) is 18.0 Å². The van der Waals surface area contributed by atoms with Gasteiger partial charge in [-0.1, -0.05) is 6.07 Å². The number of carboxylic acid groups (broad SMARTS) is 1. The number of carbonyl (C=O) groups excluding carboxylic acids is 2. The number of likely N-dealkylation sites (tertiary alicyclic amines) is 1. The Kier molecular flexibility index (Phi) is 5.56. The van der Waals surface area contributed by atoms with E-state index in [4.69, 9.17) is 24.1 Å². The van der Waals surface area contributed by atoms with Gasteiger partial charge in [-0.15, -0.1) is 0 Å². The van der Waals surface area contributed by atoms with Crippen molar-refractivity contribution in [1.82, 2.24) is 4.90 Å². The van der Waals surface area contributed by atoms with Crippen molar-refractivity contribution < 1.29 is 43.5 Å². The van der Waals surface area contributed by atoms with E-state index < -0.39 is 41.1 Å². The summed E-state index contributed by atoms with van der Waals surface area (Å²) >= 11 is 0. The number of nitrogens with zero attached hydrogens (tertiary/aromatic N) is 1. The fourth-order valence-electron chi connectivity index (χ4n) is 6.30. The molecule has 5 rings (SSSR count). The number of aliphatic hydroxyl groups is 1. The molecule has 1 aromatic rings. The maximum atomic E-state index is 12.8. The molecular formula is C25H29NO9. The Bertz CT molecular complexity index is 1130. The van der Waals surface area contributed by atoms with Gasteiger partial charge in [0.2, 0.25) is 0 Å². The number of hydrogen-bond donors (Lipinski definition) is 2. The van der Waals surface area contributed by atoms with Crippen LogP contribution in [0.3, 0.4) is 0 Å². The van der Waals surface area contributed by atoms with E-state index in [-0.39, 0.29) is 31.1 Å². The Morgan fingerprint density at radius 3 is 2.77 bits per heavy atom. The van der Waals surface area contributed by atoms with Crippen LogP contribution in [0.5, 0.6) is 11.5 Å². The lowest BCUT2D eigenvalue weighted by atomic mass is 9.50. The van der Waals surface area contributed by atoms with Crippen LogP contribution in [0, 0.1) is 0 Å². The van der Waals surface area contributed by atoms with Crippen molar-refractivity contribution in [2.45, 2.75) is 68.3 Å². The number of carboxylic acids is 1. The predicted molar refractivity (Wildman–Crippen MR) is 120 cm³/mol. The molecule has 0 unspecified atom stereocenters. The molecule has 35 heavy (non-hydrogen) atoms. The highest BCUT2D eigenvalue weighted by Crippen LogP contribution is 2.65. The number of methoxy groups -OCH3 is 1. The second-order valence-electron chi connectivity index (χ2n) is 9.73. The van der Waals surface area contributed by atoms with Crippen molar-refractivity contribution >= 4 is 17.9 Å². The number of benzene rings is 1. The fraction of sp³-hybridized carbons (Fsp3) is 0.560. The summed E-state index contributed by atoms with van der Waals surface area (Å²) in [6.07, 6.45) is 0.516. The van der Waals surface area contributed by atoms with Crippen molar-refractivity contribution in [3.8, 4) is 11.5 Å². The lowest BCUT2D eigenvalue weighted by Gasteiger charge is -2.61. The van der Waals surface area contributed by atoms with Crippen LogP contribution in [0.4, 0.5) is 0 Å². The smallest absolute Gasteiger partial charge is 0.352 e. The second-order valence-corrected chi connectivity index (χ2v) is 9.73. The van der Waals surface area contributed by atoms with Crippen LogP contribution in [0.15, 0.2) is 24.0 Å². The number of carbonyl (C=O) groups is 3. The Morgan fingerprint density at radius 1 is 1.29 bits per heavy atom. The van der Waals surface area contributed by atoms with Crippen molar-refractivity contribution in [2.24, 2.45) is 0 Å². The summed E-state index contributed by atoms with van der Waals surface area (Å²) in [6, 6.07) is 3.74. The molecule has 188 valence electrons. The number of piperidine rings is 1. The highest BCUT2D eigenvalue weighted by Gasteiger charge is 2.72. The summed E-state index contributed by atoms with van der Waals surface area (Å²) < 4.78 is 22.7. The Balaban J connectivity index is 1.45. The van der Waals surface area contributed by atoms with Crippen LogP contribution < -0.4 is 9.47 Å². The molecule has 1 spiro atoms. The Labute approximate surface area is 202 Å². The number of ether oxygens (including phenoxy) is 4. The van der Waals surface area contributed by atoms with Crippen LogP contribution >= 0.6 is 0 Å². The lowest BCUT2D eigenvalue weighted by Crippen LogP contribution is -2.74. The van der Waals surface area contributed by atoms with E-state index in [9.17, 15) is 19.5 Å². The molecule has 0 radical (unpaired) electrons. The van der Waals surface area contributed by atoms with E-state index in [1.54, 1.807) is 13.2 Å². The van der Waals surface area contributed by atoms with Crippen LogP contribution in [0.25, 0.3) is 0 Å². The van der Waals surface area contributed by atoms with Crippen molar-refractivity contribution in [3.05, 3.63) is 35.1 Å². The molecule has 2 N–H and O–H groups in total. The van der Waals surface area contributed by atoms with Gasteiger partial charge in [-0.25, -0.2) is 4.79 Å². The minimum absolute atomic E-state index is 0.128. The second kappa shape index (κ2) is 8.23. The maximum absolute atomic E-state index is 12.8. The highest BCUT2D eigenvalue weighted by atomic mass is 16.6. The molecule has 0 saturated carbocycles. The average Bonchev–Trinajstić information content (AvgIpc) is 3.17. The van der Waals surface area contributed by atoms with E-state index in [1.165, 1.54) is 6.92 Å². The molecule has 2 heterocycles. The molecule has 10 heteroatoms. The first-order valence-corrected chi connectivity index (χ1v) is 11.7. The SMILES string of the molecule is COc1ccc2c3c1O[C@H]1C(OC(=O)[C@@H](C)OC(=O)CCC(=O)O)=CC[C@@]4(O)[C@H](C2)N(C)CC[C@]314. The van der Waals surface area contributed by atoms with Gasteiger partial charge in [-0.2, -0.15) is 0 Å². The molecule has 2 aliphatic heterocycles. The molecule has 1 aromatic carbocycles. The van der Waals surface area contributed by atoms with E-state index in [0.717, 1.165) is 17.7 Å². The standard InChI is InChI=1S/C25H29NO9/c1-13(33-19(29)7-6-18(27)28)23(30)34-16-8-9-25(31)17-12-14-4-5-15(32-3)21-20(14)24(25,22(16)35-21)10-11-26(17)2/h4-5,8,13,17,22,31H,6-7,9-12H2,1-3H3,(H,27,28)/t13-,17+,22+,24+,25-/m1/s1. The van der Waals surface area contributed by atoms with E-state index in [2.05, 4.69) is 4.90 Å². The largest absolute Gasteiger partial charge is 0.493 e. The fourth-order valence-corrected chi connectivity index (χ4v) is 6.30. The first-order chi connectivity index (χ1) is 16.6. The monoisotopic (exact) mass is 487 g/mol. The minimum atomic E-state index is -1.24. The van der Waals surface area contributed by atoms with E-state index in [0.29, 0.717) is 24.3 Å². The third-order valence-electron chi connectivity index (χ3n) is 7.96. The third kappa shape index (κ3) is 3.34. The quantitative estimate of drug-likeness (QED) is 0.543. The average molecular weight is 488 g/mol. The molecule has 1 fully saturated rings. The zero-order chi connectivity index (χ0) is 25.1. The summed E-state index contributed by atoms with van der Waals surface area (Å²) in [4.78, 5) is 37.5. The van der Waals surface area contributed by atoms with E-state index >= 15 is 0 Å². The van der Waals surface area contributed by atoms with Gasteiger partial charge in [0.25, 0.3) is 0 Å². The minimum Gasteiger partial charge on any atom is -0.493 e. The summed E-state index contributed by atoms with van der Waals surface area (Å²) in [5.74, 6) is -1.34. The van der Waals surface area contributed by atoms with Gasteiger partial charge in [0.1, 0.15) is 5.76 Å². The lowest BCUT2D eigenvalue weighted by molar-refractivity contribution is -0.175. The zero-order valence-corrected chi connectivity index (χ0v) is 19.9. The van der Waals surface area contributed by atoms with Gasteiger partial charge >= 0.3 is 17.9 Å². The summed E-state index contributed by atoms with van der Waals surface area (Å²) in [6.45, 7) is 2.11. The third-order valence-corrected chi connectivity index (χ3v) is 7.96. The van der Waals surface area contributed by atoms with Crippen molar-refractivity contribution in [1.29, 1.82) is 0 Å². The first-order valence-electron chi connectivity index (χ1n) is 11.7. The van der Waals surface area contributed by atoms with Crippen LogP contribution in [0.2, 0.25) is 0 Å². The zero-order valence-electron chi connectivity index (χ0n) is 19.9. The van der Waals surface area contributed by atoms with E-state index in [1.807, 2.05) is 19.2 Å². The van der Waals surface area contributed by atoms with Crippen LogP contribution in [-0.2, 0) is 35.7 Å². The molecule has 2 aliphatic carbocycles. The molecule has 0 aromatic heterocycles. The summed E-state index contributed by atoms with van der Waals surface area (Å²) in [7, 11) is 3.57. The first kappa shape index (κ1) is 23.6. The van der Waals surface area contributed by atoms with Crippen LogP contribution in [-0.4, -0.2) is 77.6 Å². The molecule has 5 atom stereocenters. The molecular weight excluding hydrogens is 458 g/mol. The number of esters is 2. The van der Waals surface area contributed by atoms with Crippen molar-refractivity contribution in [3.63, 3.8) is 0 Å². The Hall–Kier alpha value is -3.11. The maximum Gasteiger partial charge on any atom is 0.352 e. The van der Waals surface area contributed by atoms with Gasteiger partial charge in [-0.3, -0.25) is 9.59 Å². The number of likely N-dealkylation sites (N-methyl/N-ethyl adjacent to an activating group) is 1. The van der Waals surface area contributed by atoms with Crippen molar-refractivity contribution in [2.75, 3.05) is 20.7 Å². The highest BCUT2D eigenvalue weighted by molar-refractivity contribution is 5.81. The van der Waals surface area contributed by atoms with Gasteiger partial charge in [0.05, 0.1) is 31.0 Å². The van der Waals surface area contributed by atoms with Crippen LogP contribution in [0.1, 0.15) is 43.7 Å². The van der Waals surface area contributed by atoms with Gasteiger partial charge in [0.15, 0.2) is 23.7 Å².